The number of hydrogen-bond donors (Lipinski definition) is 1. The van der Waals surface area contributed by atoms with Crippen LogP contribution in [0.2, 0.25) is 0 Å². The molecule has 0 fully saturated rings. The van der Waals surface area contributed by atoms with Crippen molar-refractivity contribution in [3.63, 3.8) is 0 Å². The summed E-state index contributed by atoms with van der Waals surface area (Å²) in [6, 6.07) is 0. The molecule has 2 N–H and O–H groups in total. The summed E-state index contributed by atoms with van der Waals surface area (Å²) in [6.45, 7) is 3.05. The molecule has 0 spiro atoms. The van der Waals surface area contributed by atoms with E-state index in [0.29, 0.717) is 0 Å². The monoisotopic (exact) mass is 164 g/mol. The average Bonchev–Trinajstić information content (AvgIpc) is 1.63. The fourth-order valence-electron chi connectivity index (χ4n) is 0. The van der Waals surface area contributed by atoms with Gasteiger partial charge in [-0.05, 0) is 21.1 Å². The van der Waals surface area contributed by atoms with Crippen LogP contribution < -0.4 is 5.73 Å². The standard InChI is InChI=1S/C3H4ClNO.C3H9N/c1-2(4)3(5)6;1-4(2)3/h1H2,(H2,5,6);1-3H3. The lowest BCUT2D eigenvalue weighted by Gasteiger charge is -1.90. The molecule has 10 heavy (non-hydrogen) atoms. The molecule has 0 aliphatic heterocycles. The van der Waals surface area contributed by atoms with Gasteiger partial charge in [0.1, 0.15) is 0 Å². The fourth-order valence-corrected chi connectivity index (χ4v) is 0. The fraction of sp³-hybridized carbons (Fsp3) is 0.500. The first-order valence-electron chi connectivity index (χ1n) is 2.63. The maximum Gasteiger partial charge on any atom is 0.259 e. The van der Waals surface area contributed by atoms with E-state index in [1.54, 1.807) is 0 Å². The zero-order valence-corrected chi connectivity index (χ0v) is 7.27. The molecule has 0 heterocycles. The number of halogens is 1. The predicted octanol–water partition coefficient (Wildman–Crippen LogP) is 0.402. The lowest BCUT2D eigenvalue weighted by molar-refractivity contribution is -0.113. The van der Waals surface area contributed by atoms with Gasteiger partial charge in [-0.2, -0.15) is 0 Å². The van der Waals surface area contributed by atoms with Crippen molar-refractivity contribution in [3.05, 3.63) is 11.6 Å². The molecule has 0 aliphatic carbocycles. The van der Waals surface area contributed by atoms with Crippen molar-refractivity contribution in [2.75, 3.05) is 21.1 Å². The van der Waals surface area contributed by atoms with Crippen molar-refractivity contribution < 1.29 is 4.79 Å². The Morgan fingerprint density at radius 2 is 1.60 bits per heavy atom. The number of amides is 1. The van der Waals surface area contributed by atoms with E-state index in [9.17, 15) is 4.79 Å². The second-order valence-electron chi connectivity index (χ2n) is 2.11. The molecule has 0 aromatic heterocycles. The normalized spacial score (nSPS) is 8.10. The lowest BCUT2D eigenvalue weighted by Crippen LogP contribution is -2.08. The van der Waals surface area contributed by atoms with Crippen molar-refractivity contribution in [2.24, 2.45) is 5.73 Å². The smallest absolute Gasteiger partial charge is 0.259 e. The predicted molar refractivity (Wildman–Crippen MR) is 43.8 cm³/mol. The zero-order chi connectivity index (χ0) is 8.73. The van der Waals surface area contributed by atoms with Crippen LogP contribution in [-0.4, -0.2) is 32.0 Å². The van der Waals surface area contributed by atoms with Gasteiger partial charge in [-0.15, -0.1) is 0 Å². The van der Waals surface area contributed by atoms with Crippen LogP contribution in [0.4, 0.5) is 0 Å². The summed E-state index contributed by atoms with van der Waals surface area (Å²) in [7, 11) is 6.00. The van der Waals surface area contributed by atoms with Crippen molar-refractivity contribution in [3.8, 4) is 0 Å². The van der Waals surface area contributed by atoms with Crippen LogP contribution in [0.1, 0.15) is 0 Å². The van der Waals surface area contributed by atoms with Crippen molar-refractivity contribution in [1.29, 1.82) is 0 Å². The summed E-state index contributed by atoms with van der Waals surface area (Å²) in [4.78, 5) is 11.7. The number of nitrogens with two attached hydrogens (primary N) is 1. The average molecular weight is 165 g/mol. The van der Waals surface area contributed by atoms with Crippen molar-refractivity contribution in [2.45, 2.75) is 0 Å². The van der Waals surface area contributed by atoms with E-state index in [-0.39, 0.29) is 5.03 Å². The van der Waals surface area contributed by atoms with E-state index < -0.39 is 5.91 Å². The lowest BCUT2D eigenvalue weighted by atomic mass is 10.6. The molecule has 0 radical (unpaired) electrons. The Hall–Kier alpha value is -0.540. The van der Waals surface area contributed by atoms with Crippen molar-refractivity contribution in [1.82, 2.24) is 4.90 Å². The Balaban J connectivity index is 0. The highest BCUT2D eigenvalue weighted by Crippen LogP contribution is 1.90. The maximum absolute atomic E-state index is 9.69. The second-order valence-corrected chi connectivity index (χ2v) is 2.57. The van der Waals surface area contributed by atoms with Gasteiger partial charge in [0.15, 0.2) is 0 Å². The Morgan fingerprint density at radius 1 is 1.50 bits per heavy atom. The first-order chi connectivity index (χ1) is 4.37. The highest BCUT2D eigenvalue weighted by atomic mass is 35.5. The van der Waals surface area contributed by atoms with Gasteiger partial charge in [0.05, 0.1) is 5.03 Å². The molecule has 1 amide bonds. The Bertz CT molecular complexity index is 108. The molecule has 0 unspecified atom stereocenters. The molecular formula is C6H13ClN2O. The summed E-state index contributed by atoms with van der Waals surface area (Å²) in [6.07, 6.45) is 0. The van der Waals surface area contributed by atoms with Crippen LogP contribution in [0, 0.1) is 0 Å². The van der Waals surface area contributed by atoms with Crippen LogP contribution in [-0.2, 0) is 4.79 Å². The van der Waals surface area contributed by atoms with Gasteiger partial charge in [0.2, 0.25) is 0 Å². The number of rotatable bonds is 1. The minimum absolute atomic E-state index is 0.130. The van der Waals surface area contributed by atoms with Gasteiger partial charge in [-0.3, -0.25) is 4.79 Å². The van der Waals surface area contributed by atoms with Crippen LogP contribution in [0.5, 0.6) is 0 Å². The number of nitrogens with zero attached hydrogens (tertiary/aromatic N) is 1. The zero-order valence-electron chi connectivity index (χ0n) is 6.52. The third kappa shape index (κ3) is 26.0. The van der Waals surface area contributed by atoms with E-state index in [1.807, 2.05) is 26.0 Å². The summed E-state index contributed by atoms with van der Waals surface area (Å²) >= 11 is 4.94. The Kier molecular flexibility index (Phi) is 8.00. The highest BCUT2D eigenvalue weighted by Gasteiger charge is 1.90. The van der Waals surface area contributed by atoms with Gasteiger partial charge in [0.25, 0.3) is 5.91 Å². The molecule has 0 rings (SSSR count). The number of primary amides is 1. The van der Waals surface area contributed by atoms with Gasteiger partial charge in [-0.1, -0.05) is 18.2 Å². The molecule has 4 heteroatoms. The molecule has 0 aliphatic rings. The van der Waals surface area contributed by atoms with Gasteiger partial charge >= 0.3 is 0 Å². The topological polar surface area (TPSA) is 46.3 Å². The molecule has 60 valence electrons. The van der Waals surface area contributed by atoms with Gasteiger partial charge < -0.3 is 10.6 Å². The third-order valence-corrected chi connectivity index (χ3v) is 0.454. The summed E-state index contributed by atoms with van der Waals surface area (Å²) in [5, 5.41) is -0.130. The minimum atomic E-state index is -0.670. The summed E-state index contributed by atoms with van der Waals surface area (Å²) < 4.78 is 0. The molecule has 0 aromatic rings. The highest BCUT2D eigenvalue weighted by molar-refractivity contribution is 6.41. The second kappa shape index (κ2) is 6.58. The molecule has 0 saturated heterocycles. The summed E-state index contributed by atoms with van der Waals surface area (Å²) in [5.74, 6) is -0.670. The molecule has 0 saturated carbocycles. The molecule has 0 aromatic carbocycles. The van der Waals surface area contributed by atoms with E-state index in [2.05, 4.69) is 12.3 Å². The Morgan fingerprint density at radius 3 is 1.60 bits per heavy atom. The molecule has 0 atom stereocenters. The molecule has 0 bridgehead atoms. The molecule has 3 nitrogen and oxygen atoms in total. The number of carbonyl (C=O) groups excluding carboxylic acids is 1. The maximum atomic E-state index is 9.69. The minimum Gasteiger partial charge on any atom is -0.365 e. The first kappa shape index (κ1) is 12.2. The quantitative estimate of drug-likeness (QED) is 0.571. The number of carbonyl (C=O) groups is 1. The van der Waals surface area contributed by atoms with E-state index >= 15 is 0 Å². The Labute approximate surface area is 66.4 Å². The van der Waals surface area contributed by atoms with Crippen molar-refractivity contribution >= 4 is 17.5 Å². The van der Waals surface area contributed by atoms with Crippen LogP contribution in [0.3, 0.4) is 0 Å². The number of hydrogen-bond acceptors (Lipinski definition) is 2. The van der Waals surface area contributed by atoms with E-state index in [1.165, 1.54) is 0 Å². The van der Waals surface area contributed by atoms with E-state index in [4.69, 9.17) is 11.6 Å². The SMILES string of the molecule is C=C(Cl)C(N)=O.CN(C)C. The van der Waals surface area contributed by atoms with Crippen LogP contribution in [0.25, 0.3) is 0 Å². The van der Waals surface area contributed by atoms with E-state index in [0.717, 1.165) is 0 Å². The molecular weight excluding hydrogens is 152 g/mol. The van der Waals surface area contributed by atoms with Crippen LogP contribution in [0.15, 0.2) is 11.6 Å². The van der Waals surface area contributed by atoms with Crippen LogP contribution >= 0.6 is 11.6 Å². The third-order valence-electron chi connectivity index (χ3n) is 0.267. The van der Waals surface area contributed by atoms with Gasteiger partial charge in [0, 0.05) is 0 Å². The van der Waals surface area contributed by atoms with Gasteiger partial charge in [-0.25, -0.2) is 0 Å². The summed E-state index contributed by atoms with van der Waals surface area (Å²) in [5.41, 5.74) is 4.56. The first-order valence-corrected chi connectivity index (χ1v) is 3.00. The largest absolute Gasteiger partial charge is 0.365 e.